The van der Waals surface area contributed by atoms with Crippen molar-refractivity contribution in [3.05, 3.63) is 30.3 Å². The van der Waals surface area contributed by atoms with Crippen LogP contribution in [0.2, 0.25) is 0 Å². The van der Waals surface area contributed by atoms with Gasteiger partial charge in [-0.05, 0) is 24.6 Å². The summed E-state index contributed by atoms with van der Waals surface area (Å²) in [4.78, 5) is 0. The molecule has 0 unspecified atom stereocenters. The molecule has 0 heterocycles. The summed E-state index contributed by atoms with van der Waals surface area (Å²) >= 11 is 0. The summed E-state index contributed by atoms with van der Waals surface area (Å²) in [5.74, 6) is 0.0714. The van der Waals surface area contributed by atoms with Crippen molar-refractivity contribution >= 4 is 32.2 Å². The largest absolute Gasteiger partial charge is 0.507 e. The van der Waals surface area contributed by atoms with E-state index in [2.05, 4.69) is 21.9 Å². The molecule has 0 saturated heterocycles. The smallest absolute Gasteiger partial charge is 0.229 e. The number of hydrogen-bond donors (Lipinski definition) is 2. The second kappa shape index (κ2) is 7.41. The number of hydrogen-bond acceptors (Lipinski definition) is 5. The summed E-state index contributed by atoms with van der Waals surface area (Å²) in [5.41, 5.74) is 0.907. The average Bonchev–Trinajstić information content (AvgIpc) is 2.48. The zero-order chi connectivity index (χ0) is 16.9. The van der Waals surface area contributed by atoms with Crippen LogP contribution in [0.5, 0.6) is 5.75 Å². The van der Waals surface area contributed by atoms with Gasteiger partial charge in [0.05, 0.1) is 24.2 Å². The zero-order valence-electron chi connectivity index (χ0n) is 13.3. The van der Waals surface area contributed by atoms with Gasteiger partial charge >= 0.3 is 0 Å². The summed E-state index contributed by atoms with van der Waals surface area (Å²) in [7, 11) is -3.43. The third-order valence-electron chi connectivity index (χ3n) is 3.33. The molecular formula is C16H21N3O3S. The molecule has 2 aromatic rings. The van der Waals surface area contributed by atoms with Crippen molar-refractivity contribution in [3.63, 3.8) is 0 Å². The van der Waals surface area contributed by atoms with Crippen LogP contribution in [0.15, 0.2) is 40.6 Å². The molecule has 2 N–H and O–H groups in total. The normalized spacial score (nSPS) is 12.1. The summed E-state index contributed by atoms with van der Waals surface area (Å²) in [5, 5.41) is 19.5. The quantitative estimate of drug-likeness (QED) is 0.587. The first-order valence-corrected chi connectivity index (χ1v) is 9.41. The van der Waals surface area contributed by atoms with Crippen LogP contribution in [-0.2, 0) is 10.0 Å². The number of sulfonamides is 1. The Kier molecular flexibility index (Phi) is 5.54. The predicted octanol–water partition coefficient (Wildman–Crippen LogP) is 4.19. The minimum atomic E-state index is -3.43. The van der Waals surface area contributed by atoms with Gasteiger partial charge in [0, 0.05) is 10.8 Å². The number of rotatable bonds is 7. The van der Waals surface area contributed by atoms with Crippen LogP contribution >= 0.6 is 0 Å². The molecule has 0 aromatic heterocycles. The molecule has 0 bridgehead atoms. The van der Waals surface area contributed by atoms with E-state index in [4.69, 9.17) is 0 Å². The van der Waals surface area contributed by atoms with E-state index in [0.717, 1.165) is 25.5 Å². The van der Waals surface area contributed by atoms with Gasteiger partial charge in [-0.2, -0.15) is 10.2 Å². The third-order valence-corrected chi connectivity index (χ3v) is 3.92. The minimum Gasteiger partial charge on any atom is -0.507 e. The number of aromatic hydroxyl groups is 1. The molecule has 0 saturated carbocycles. The summed E-state index contributed by atoms with van der Waals surface area (Å²) in [6.45, 7) is 2.74. The molecule has 0 spiro atoms. The maximum atomic E-state index is 11.5. The first-order chi connectivity index (χ1) is 10.9. The molecule has 0 atom stereocenters. The lowest BCUT2D eigenvalue weighted by molar-refractivity contribution is 0.481. The SMILES string of the molecule is CCCCCN=Nc1ccc(O)c2cccc(NS(C)(=O)=O)c12. The van der Waals surface area contributed by atoms with Gasteiger partial charge in [-0.15, -0.1) is 0 Å². The van der Waals surface area contributed by atoms with Gasteiger partial charge in [-0.25, -0.2) is 8.42 Å². The van der Waals surface area contributed by atoms with E-state index in [9.17, 15) is 13.5 Å². The lowest BCUT2D eigenvalue weighted by Crippen LogP contribution is -2.09. The van der Waals surface area contributed by atoms with Crippen LogP contribution in [0.25, 0.3) is 10.8 Å². The topological polar surface area (TPSA) is 91.1 Å². The molecule has 23 heavy (non-hydrogen) atoms. The fraction of sp³-hybridized carbons (Fsp3) is 0.375. The minimum absolute atomic E-state index is 0.0714. The second-order valence-electron chi connectivity index (χ2n) is 5.38. The summed E-state index contributed by atoms with van der Waals surface area (Å²) < 4.78 is 25.6. The van der Waals surface area contributed by atoms with E-state index in [-0.39, 0.29) is 5.75 Å². The van der Waals surface area contributed by atoms with Gasteiger partial charge in [-0.3, -0.25) is 4.72 Å². The molecule has 0 amide bonds. The van der Waals surface area contributed by atoms with Crippen LogP contribution in [-0.4, -0.2) is 26.3 Å². The highest BCUT2D eigenvalue weighted by Gasteiger charge is 2.12. The first-order valence-electron chi connectivity index (χ1n) is 7.52. The average molecular weight is 335 g/mol. The number of fused-ring (bicyclic) bond motifs is 1. The molecule has 2 aromatic carbocycles. The van der Waals surface area contributed by atoms with E-state index in [1.54, 1.807) is 24.3 Å². The van der Waals surface area contributed by atoms with Gasteiger partial charge < -0.3 is 5.11 Å². The Labute approximate surface area is 136 Å². The van der Waals surface area contributed by atoms with Crippen molar-refractivity contribution in [1.82, 2.24) is 0 Å². The second-order valence-corrected chi connectivity index (χ2v) is 7.13. The van der Waals surface area contributed by atoms with Gasteiger partial charge in [0.15, 0.2) is 0 Å². The van der Waals surface area contributed by atoms with Gasteiger partial charge in [0.1, 0.15) is 5.75 Å². The number of nitrogens with one attached hydrogen (secondary N) is 1. The molecule has 0 aliphatic rings. The molecule has 124 valence electrons. The number of anilines is 1. The number of phenolic OH excluding ortho intramolecular Hbond substituents is 1. The lowest BCUT2D eigenvalue weighted by Gasteiger charge is -2.11. The van der Waals surface area contributed by atoms with Crippen LogP contribution in [0.4, 0.5) is 11.4 Å². The molecule has 0 aliphatic heterocycles. The molecule has 0 aliphatic carbocycles. The van der Waals surface area contributed by atoms with Crippen LogP contribution < -0.4 is 4.72 Å². The van der Waals surface area contributed by atoms with Crippen molar-refractivity contribution in [1.29, 1.82) is 0 Å². The van der Waals surface area contributed by atoms with E-state index in [1.165, 1.54) is 6.07 Å². The standard InChI is InChI=1S/C16H21N3O3S/c1-3-4-5-11-17-18-13-9-10-15(20)12-7-6-8-14(16(12)13)19-23(2,21)22/h6-10,19-20H,3-5,11H2,1-2H3. The third kappa shape index (κ3) is 4.66. The van der Waals surface area contributed by atoms with Crippen molar-refractivity contribution in [3.8, 4) is 5.75 Å². The van der Waals surface area contributed by atoms with Crippen LogP contribution in [0.1, 0.15) is 26.2 Å². The Morgan fingerprint density at radius 1 is 1.17 bits per heavy atom. The maximum absolute atomic E-state index is 11.5. The molecule has 6 nitrogen and oxygen atoms in total. The first kappa shape index (κ1) is 17.2. The van der Waals surface area contributed by atoms with Crippen molar-refractivity contribution in [2.75, 3.05) is 17.5 Å². The maximum Gasteiger partial charge on any atom is 0.229 e. The lowest BCUT2D eigenvalue weighted by atomic mass is 10.1. The Bertz CT molecular complexity index is 817. The van der Waals surface area contributed by atoms with Crippen molar-refractivity contribution < 1.29 is 13.5 Å². The molecule has 0 fully saturated rings. The van der Waals surface area contributed by atoms with E-state index < -0.39 is 10.0 Å². The number of benzene rings is 2. The van der Waals surface area contributed by atoms with E-state index in [1.807, 2.05) is 0 Å². The Balaban J connectivity index is 2.46. The predicted molar refractivity (Wildman–Crippen MR) is 93.0 cm³/mol. The number of nitrogens with zero attached hydrogens (tertiary/aromatic N) is 2. The monoisotopic (exact) mass is 335 g/mol. The van der Waals surface area contributed by atoms with Crippen LogP contribution in [0, 0.1) is 0 Å². The van der Waals surface area contributed by atoms with E-state index >= 15 is 0 Å². The van der Waals surface area contributed by atoms with Gasteiger partial charge in [-0.1, -0.05) is 31.9 Å². The molecule has 2 rings (SSSR count). The van der Waals surface area contributed by atoms with Crippen LogP contribution in [0.3, 0.4) is 0 Å². The number of phenols is 1. The summed E-state index contributed by atoms with van der Waals surface area (Å²) in [6, 6.07) is 8.20. The highest BCUT2D eigenvalue weighted by molar-refractivity contribution is 7.92. The Morgan fingerprint density at radius 2 is 1.96 bits per heavy atom. The number of unbranched alkanes of at least 4 members (excludes halogenated alkanes) is 2. The number of azo groups is 1. The van der Waals surface area contributed by atoms with Gasteiger partial charge in [0.2, 0.25) is 10.0 Å². The highest BCUT2D eigenvalue weighted by atomic mass is 32.2. The molecular weight excluding hydrogens is 314 g/mol. The molecule has 7 heteroatoms. The Hall–Kier alpha value is -2.15. The van der Waals surface area contributed by atoms with Crippen molar-refractivity contribution in [2.45, 2.75) is 26.2 Å². The van der Waals surface area contributed by atoms with E-state index in [0.29, 0.717) is 28.7 Å². The Morgan fingerprint density at radius 3 is 2.65 bits per heavy atom. The summed E-state index contributed by atoms with van der Waals surface area (Å²) in [6.07, 6.45) is 4.25. The van der Waals surface area contributed by atoms with Crippen molar-refractivity contribution in [2.24, 2.45) is 10.2 Å². The fourth-order valence-electron chi connectivity index (χ4n) is 2.30. The highest BCUT2D eigenvalue weighted by Crippen LogP contribution is 2.38. The zero-order valence-corrected chi connectivity index (χ0v) is 14.1. The fourth-order valence-corrected chi connectivity index (χ4v) is 2.87. The van der Waals surface area contributed by atoms with Gasteiger partial charge in [0.25, 0.3) is 0 Å². The molecule has 0 radical (unpaired) electrons.